The van der Waals surface area contributed by atoms with E-state index in [0.29, 0.717) is 28.2 Å². The first-order chi connectivity index (χ1) is 16.9. The van der Waals surface area contributed by atoms with Crippen molar-refractivity contribution in [1.29, 1.82) is 0 Å². The zero-order valence-corrected chi connectivity index (χ0v) is 19.7. The molecule has 0 spiro atoms. The van der Waals surface area contributed by atoms with E-state index in [1.165, 1.54) is 23.1 Å². The highest BCUT2D eigenvalue weighted by atomic mass is 19.3. The highest BCUT2D eigenvalue weighted by Crippen LogP contribution is 2.37. The number of benzene rings is 2. The van der Waals surface area contributed by atoms with E-state index in [1.54, 1.807) is 54.6 Å². The van der Waals surface area contributed by atoms with Gasteiger partial charge in [-0.3, -0.25) is 9.89 Å². The number of hydrogen-bond donors (Lipinski definition) is 2. The summed E-state index contributed by atoms with van der Waals surface area (Å²) in [5.74, 6) is 0.275. The van der Waals surface area contributed by atoms with Gasteiger partial charge >= 0.3 is 6.03 Å². The first-order valence-corrected chi connectivity index (χ1v) is 11.0. The van der Waals surface area contributed by atoms with E-state index in [9.17, 15) is 18.7 Å². The van der Waals surface area contributed by atoms with E-state index in [4.69, 9.17) is 10.5 Å². The Hall–Kier alpha value is -4.21. The maximum Gasteiger partial charge on any atom is 0.335 e. The average molecular weight is 484 g/mol. The number of urea groups is 1. The SMILES string of the molecule is CC.CN=Cc1cc(N2Cc3ccc(OCC(F)F)nc3N(c3ccc(O)cc3)C2=O)ccc1N. The van der Waals surface area contributed by atoms with Crippen LogP contribution in [0.4, 0.5) is 36.5 Å². The number of phenolic OH excluding ortho intramolecular Hbond substituents is 1. The molecule has 3 aromatic rings. The van der Waals surface area contributed by atoms with E-state index < -0.39 is 19.1 Å². The second-order valence-electron chi connectivity index (χ2n) is 7.26. The summed E-state index contributed by atoms with van der Waals surface area (Å²) in [5, 5.41) is 9.67. The van der Waals surface area contributed by atoms with Gasteiger partial charge in [-0.1, -0.05) is 13.8 Å². The Morgan fingerprint density at radius 1 is 1.14 bits per heavy atom. The molecule has 0 saturated heterocycles. The summed E-state index contributed by atoms with van der Waals surface area (Å²) in [4.78, 5) is 24.8. The molecule has 0 saturated carbocycles. The third-order valence-corrected chi connectivity index (χ3v) is 5.01. The summed E-state index contributed by atoms with van der Waals surface area (Å²) in [6.07, 6.45) is -1.05. The number of nitrogens with two attached hydrogens (primary N) is 1. The van der Waals surface area contributed by atoms with Crippen molar-refractivity contribution in [2.45, 2.75) is 26.8 Å². The molecule has 0 fully saturated rings. The quantitative estimate of drug-likeness (QED) is 0.363. The normalized spacial score (nSPS) is 13.0. The van der Waals surface area contributed by atoms with Gasteiger partial charge in [0.05, 0.1) is 12.2 Å². The van der Waals surface area contributed by atoms with Crippen molar-refractivity contribution in [3.8, 4) is 11.6 Å². The highest BCUT2D eigenvalue weighted by molar-refractivity contribution is 6.10. The number of nitrogen functional groups attached to an aromatic ring is 1. The maximum atomic E-state index is 13.6. The van der Waals surface area contributed by atoms with E-state index in [-0.39, 0.29) is 24.0 Å². The van der Waals surface area contributed by atoms with Crippen molar-refractivity contribution in [3.63, 3.8) is 0 Å². The van der Waals surface area contributed by atoms with Crippen LogP contribution in [0.2, 0.25) is 0 Å². The third-order valence-electron chi connectivity index (χ3n) is 5.01. The fourth-order valence-corrected chi connectivity index (χ4v) is 3.47. The summed E-state index contributed by atoms with van der Waals surface area (Å²) in [6, 6.07) is 13.9. The zero-order valence-electron chi connectivity index (χ0n) is 19.7. The van der Waals surface area contributed by atoms with E-state index in [2.05, 4.69) is 9.98 Å². The molecule has 0 atom stereocenters. The number of aliphatic imine (C=N–C) groups is 1. The van der Waals surface area contributed by atoms with E-state index in [0.717, 1.165) is 0 Å². The number of alkyl halides is 2. The zero-order chi connectivity index (χ0) is 25.5. The molecule has 184 valence electrons. The van der Waals surface area contributed by atoms with Crippen LogP contribution < -0.4 is 20.3 Å². The number of ether oxygens (including phenoxy) is 1. The van der Waals surface area contributed by atoms with Gasteiger partial charge in [-0.2, -0.15) is 4.98 Å². The largest absolute Gasteiger partial charge is 0.508 e. The number of carbonyl (C=O) groups excluding carboxylic acids is 1. The van der Waals surface area contributed by atoms with Crippen LogP contribution in [-0.2, 0) is 6.54 Å². The Balaban J connectivity index is 0.00000167. The number of halogens is 2. The number of nitrogens with zero attached hydrogens (tertiary/aromatic N) is 4. The van der Waals surface area contributed by atoms with Crippen LogP contribution in [0.15, 0.2) is 59.6 Å². The monoisotopic (exact) mass is 483 g/mol. The molecule has 0 radical (unpaired) electrons. The Morgan fingerprint density at radius 2 is 1.83 bits per heavy atom. The number of aromatic nitrogens is 1. The molecule has 0 unspecified atom stereocenters. The van der Waals surface area contributed by atoms with E-state index in [1.807, 2.05) is 13.8 Å². The molecule has 1 aliphatic rings. The topological polar surface area (TPSA) is 104 Å². The Labute approximate surface area is 202 Å². The number of carbonyl (C=O) groups is 1. The van der Waals surface area contributed by atoms with Gasteiger partial charge < -0.3 is 15.6 Å². The Kier molecular flexibility index (Phi) is 8.19. The van der Waals surface area contributed by atoms with Crippen molar-refractivity contribution >= 4 is 35.1 Å². The van der Waals surface area contributed by atoms with Crippen molar-refractivity contribution in [2.24, 2.45) is 4.99 Å². The number of anilines is 4. The number of aromatic hydroxyl groups is 1. The minimum absolute atomic E-state index is 0.0204. The lowest BCUT2D eigenvalue weighted by molar-refractivity contribution is 0.0796. The minimum atomic E-state index is -2.65. The predicted molar refractivity (Wildman–Crippen MR) is 133 cm³/mol. The molecule has 3 N–H and O–H groups in total. The predicted octanol–water partition coefficient (Wildman–Crippen LogP) is 5.37. The molecule has 4 rings (SSSR count). The summed E-state index contributed by atoms with van der Waals surface area (Å²) in [6.45, 7) is 3.38. The summed E-state index contributed by atoms with van der Waals surface area (Å²) >= 11 is 0. The van der Waals surface area contributed by atoms with Gasteiger partial charge in [0.25, 0.3) is 6.43 Å². The maximum absolute atomic E-state index is 13.6. The number of pyridine rings is 1. The standard InChI is InChI=1S/C23H21F2N5O3.C2H6/c1-27-11-15-10-17(5-8-19(15)26)29-12-14-2-9-21(33-13-20(24)25)28-22(14)30(23(29)32)16-3-6-18(31)7-4-16;1-2/h2-11,20,31H,12-13,26H2,1H3;1-2H3. The second kappa shape index (κ2) is 11.3. The number of phenols is 1. The van der Waals surface area contributed by atoms with Crippen LogP contribution in [0.1, 0.15) is 25.0 Å². The average Bonchev–Trinajstić information content (AvgIpc) is 2.86. The number of hydrogen-bond acceptors (Lipinski definition) is 6. The van der Waals surface area contributed by atoms with Crippen LogP contribution in [0.3, 0.4) is 0 Å². The van der Waals surface area contributed by atoms with Gasteiger partial charge in [-0.15, -0.1) is 0 Å². The van der Waals surface area contributed by atoms with Crippen LogP contribution >= 0.6 is 0 Å². The molecular weight excluding hydrogens is 456 g/mol. The molecule has 0 bridgehead atoms. The van der Waals surface area contributed by atoms with Crippen molar-refractivity contribution in [3.05, 3.63) is 65.7 Å². The first-order valence-electron chi connectivity index (χ1n) is 11.0. The summed E-state index contributed by atoms with van der Waals surface area (Å²) < 4.78 is 30.2. The van der Waals surface area contributed by atoms with Crippen molar-refractivity contribution in [1.82, 2.24) is 4.98 Å². The summed E-state index contributed by atoms with van der Waals surface area (Å²) in [7, 11) is 1.63. The highest BCUT2D eigenvalue weighted by Gasteiger charge is 2.34. The van der Waals surface area contributed by atoms with Crippen LogP contribution in [0.25, 0.3) is 0 Å². The van der Waals surface area contributed by atoms with Gasteiger partial charge in [0.15, 0.2) is 6.61 Å². The molecule has 1 aliphatic heterocycles. The molecule has 10 heteroatoms. The second-order valence-corrected chi connectivity index (χ2v) is 7.26. The van der Waals surface area contributed by atoms with Crippen LogP contribution in [0.5, 0.6) is 11.6 Å². The van der Waals surface area contributed by atoms with Crippen molar-refractivity contribution in [2.75, 3.05) is 29.2 Å². The molecule has 2 heterocycles. The van der Waals surface area contributed by atoms with Crippen LogP contribution in [0, 0.1) is 0 Å². The Bertz CT molecular complexity index is 1200. The van der Waals surface area contributed by atoms with Gasteiger partial charge in [-0.25, -0.2) is 18.5 Å². The molecular formula is C25H27F2N5O3. The van der Waals surface area contributed by atoms with Crippen molar-refractivity contribution < 1.29 is 23.4 Å². The number of amides is 2. The van der Waals surface area contributed by atoms with Gasteiger partial charge in [0.1, 0.15) is 11.6 Å². The lowest BCUT2D eigenvalue weighted by Gasteiger charge is -2.36. The van der Waals surface area contributed by atoms with Gasteiger partial charge in [0, 0.05) is 41.8 Å². The minimum Gasteiger partial charge on any atom is -0.508 e. The molecule has 2 aromatic carbocycles. The molecule has 8 nitrogen and oxygen atoms in total. The fourth-order valence-electron chi connectivity index (χ4n) is 3.47. The molecule has 35 heavy (non-hydrogen) atoms. The van der Waals surface area contributed by atoms with E-state index >= 15 is 0 Å². The van der Waals surface area contributed by atoms with Crippen LogP contribution in [-0.4, -0.2) is 42.4 Å². The molecule has 0 aliphatic carbocycles. The molecule has 1 aromatic heterocycles. The fraction of sp³-hybridized carbons (Fsp3) is 0.240. The van der Waals surface area contributed by atoms with Gasteiger partial charge in [0.2, 0.25) is 5.88 Å². The number of rotatable bonds is 6. The lowest BCUT2D eigenvalue weighted by atomic mass is 10.1. The Morgan fingerprint density at radius 3 is 2.49 bits per heavy atom. The first kappa shape index (κ1) is 25.4. The van der Waals surface area contributed by atoms with Gasteiger partial charge in [-0.05, 0) is 48.5 Å². The lowest BCUT2D eigenvalue weighted by Crippen LogP contribution is -2.45. The smallest absolute Gasteiger partial charge is 0.335 e. The summed E-state index contributed by atoms with van der Waals surface area (Å²) in [5.41, 5.74) is 8.90. The number of fused-ring (bicyclic) bond motifs is 1. The third kappa shape index (κ3) is 5.65. The molecule has 2 amide bonds.